The average Bonchev–Trinajstić information content (AvgIpc) is 3.05. The fourth-order valence-corrected chi connectivity index (χ4v) is 3.17. The third-order valence-electron chi connectivity index (χ3n) is 3.57. The van der Waals surface area contributed by atoms with Gasteiger partial charge in [0.15, 0.2) is 0 Å². The molecule has 0 amide bonds. The molecule has 0 aliphatic carbocycles. The van der Waals surface area contributed by atoms with E-state index >= 15 is 0 Å². The van der Waals surface area contributed by atoms with E-state index < -0.39 is 4.92 Å². The van der Waals surface area contributed by atoms with Crippen LogP contribution in [0.25, 0.3) is 11.3 Å². The number of hydrogen-bond acceptors (Lipinski definition) is 4. The first-order valence-electron chi connectivity index (χ1n) is 6.90. The van der Waals surface area contributed by atoms with Crippen LogP contribution in [-0.4, -0.2) is 9.91 Å². The number of aromatic nitrogens is 1. The number of hydrogen-bond donors (Lipinski definition) is 0. The van der Waals surface area contributed by atoms with Crippen LogP contribution >= 0.6 is 11.3 Å². The molecule has 3 rings (SSSR count). The Kier molecular flexibility index (Phi) is 3.98. The highest BCUT2D eigenvalue weighted by atomic mass is 32.1. The summed E-state index contributed by atoms with van der Waals surface area (Å²) in [5.74, 6) is 0.234. The van der Waals surface area contributed by atoms with Crippen LogP contribution in [0.3, 0.4) is 0 Å². The number of thiazole rings is 1. The van der Waals surface area contributed by atoms with E-state index in [9.17, 15) is 10.1 Å². The van der Waals surface area contributed by atoms with E-state index in [1.165, 1.54) is 17.7 Å². The van der Waals surface area contributed by atoms with Crippen LogP contribution in [0.15, 0.2) is 60.0 Å². The third kappa shape index (κ3) is 2.89. The van der Waals surface area contributed by atoms with Crippen LogP contribution in [-0.2, 0) is 0 Å². The fourth-order valence-electron chi connectivity index (χ4n) is 2.26. The van der Waals surface area contributed by atoms with Crippen molar-refractivity contribution < 1.29 is 4.92 Å². The number of nitro benzene ring substituents is 1. The van der Waals surface area contributed by atoms with Crippen LogP contribution < -0.4 is 0 Å². The van der Waals surface area contributed by atoms with E-state index in [0.717, 1.165) is 16.3 Å². The van der Waals surface area contributed by atoms with Crippen LogP contribution in [0.2, 0.25) is 0 Å². The summed E-state index contributed by atoms with van der Waals surface area (Å²) in [7, 11) is 0. The van der Waals surface area contributed by atoms with Crippen LogP contribution in [0, 0.1) is 10.1 Å². The molecule has 0 bridgehead atoms. The number of nitro groups is 1. The minimum atomic E-state index is -0.395. The molecule has 110 valence electrons. The van der Waals surface area contributed by atoms with Gasteiger partial charge in [0.1, 0.15) is 5.01 Å². The lowest BCUT2D eigenvalue weighted by Crippen LogP contribution is -1.95. The van der Waals surface area contributed by atoms with Crippen LogP contribution in [0.1, 0.15) is 23.4 Å². The van der Waals surface area contributed by atoms with Crippen molar-refractivity contribution in [2.45, 2.75) is 12.8 Å². The first kappa shape index (κ1) is 14.4. The van der Waals surface area contributed by atoms with Crippen LogP contribution in [0.4, 0.5) is 5.69 Å². The molecule has 0 N–H and O–H groups in total. The molecule has 1 unspecified atom stereocenters. The average molecular weight is 310 g/mol. The molecule has 0 spiro atoms. The number of non-ortho nitro benzene ring substituents is 1. The summed E-state index contributed by atoms with van der Waals surface area (Å²) in [6.07, 6.45) is 0. The van der Waals surface area contributed by atoms with Crippen molar-refractivity contribution in [3.63, 3.8) is 0 Å². The predicted octanol–water partition coefficient (Wildman–Crippen LogP) is 4.87. The Morgan fingerprint density at radius 1 is 1.09 bits per heavy atom. The molecule has 0 saturated carbocycles. The molecule has 0 radical (unpaired) electrons. The molecule has 2 aromatic carbocycles. The molecule has 1 atom stereocenters. The molecule has 0 aliphatic rings. The zero-order valence-electron chi connectivity index (χ0n) is 12.0. The maximum Gasteiger partial charge on any atom is 0.269 e. The number of rotatable bonds is 4. The SMILES string of the molecule is CC(c1ccccc1)c1nc(-c2ccc([N+](=O)[O-])cc2)cs1. The van der Waals surface area contributed by atoms with Crippen molar-refractivity contribution in [1.82, 2.24) is 4.98 Å². The zero-order chi connectivity index (χ0) is 15.5. The maximum atomic E-state index is 10.7. The Morgan fingerprint density at radius 2 is 1.77 bits per heavy atom. The predicted molar refractivity (Wildman–Crippen MR) is 88.2 cm³/mol. The normalized spacial score (nSPS) is 12.0. The molecule has 1 heterocycles. The van der Waals surface area contributed by atoms with Gasteiger partial charge in [0, 0.05) is 29.0 Å². The molecule has 0 fully saturated rings. The first-order chi connectivity index (χ1) is 10.6. The highest BCUT2D eigenvalue weighted by Gasteiger charge is 2.14. The molecular weight excluding hydrogens is 296 g/mol. The van der Waals surface area contributed by atoms with Crippen molar-refractivity contribution in [3.05, 3.63) is 80.7 Å². The van der Waals surface area contributed by atoms with Gasteiger partial charge < -0.3 is 0 Å². The zero-order valence-corrected chi connectivity index (χ0v) is 12.8. The van der Waals surface area contributed by atoms with Crippen molar-refractivity contribution >= 4 is 17.0 Å². The summed E-state index contributed by atoms with van der Waals surface area (Å²) in [5, 5.41) is 13.7. The van der Waals surface area contributed by atoms with Gasteiger partial charge in [-0.15, -0.1) is 11.3 Å². The second-order valence-electron chi connectivity index (χ2n) is 5.01. The number of nitrogens with zero attached hydrogens (tertiary/aromatic N) is 2. The smallest absolute Gasteiger partial charge is 0.258 e. The summed E-state index contributed by atoms with van der Waals surface area (Å²) in [4.78, 5) is 15.0. The fraction of sp³-hybridized carbons (Fsp3) is 0.118. The van der Waals surface area contributed by atoms with Gasteiger partial charge in [-0.3, -0.25) is 10.1 Å². The largest absolute Gasteiger partial charge is 0.269 e. The standard InChI is InChI=1S/C17H14N2O2S/c1-12(13-5-3-2-4-6-13)17-18-16(11-22-17)14-7-9-15(10-8-14)19(20)21/h2-12H,1H3. The molecular formula is C17H14N2O2S. The van der Waals surface area contributed by atoms with Gasteiger partial charge in [-0.25, -0.2) is 4.98 Å². The highest BCUT2D eigenvalue weighted by Crippen LogP contribution is 2.30. The summed E-state index contributed by atoms with van der Waals surface area (Å²) < 4.78 is 0. The van der Waals surface area contributed by atoms with E-state index in [-0.39, 0.29) is 11.6 Å². The second kappa shape index (κ2) is 6.07. The van der Waals surface area contributed by atoms with E-state index in [4.69, 9.17) is 0 Å². The third-order valence-corrected chi connectivity index (χ3v) is 4.59. The Balaban J connectivity index is 1.86. The minimum absolute atomic E-state index is 0.0943. The summed E-state index contributed by atoms with van der Waals surface area (Å²) >= 11 is 1.61. The summed E-state index contributed by atoms with van der Waals surface area (Å²) in [5.41, 5.74) is 3.08. The number of benzene rings is 2. The monoisotopic (exact) mass is 310 g/mol. The van der Waals surface area contributed by atoms with E-state index in [1.807, 2.05) is 23.6 Å². The van der Waals surface area contributed by atoms with Gasteiger partial charge >= 0.3 is 0 Å². The van der Waals surface area contributed by atoms with Crippen molar-refractivity contribution in [2.24, 2.45) is 0 Å². The van der Waals surface area contributed by atoms with Crippen LogP contribution in [0.5, 0.6) is 0 Å². The Hall–Kier alpha value is -2.53. The van der Waals surface area contributed by atoms with Gasteiger partial charge in [-0.1, -0.05) is 37.3 Å². The van der Waals surface area contributed by atoms with Gasteiger partial charge in [0.25, 0.3) is 5.69 Å². The molecule has 0 aliphatic heterocycles. The quantitative estimate of drug-likeness (QED) is 0.510. The molecule has 5 heteroatoms. The topological polar surface area (TPSA) is 56.0 Å². The van der Waals surface area contributed by atoms with Gasteiger partial charge in [-0.05, 0) is 17.7 Å². The lowest BCUT2D eigenvalue weighted by Gasteiger charge is -2.07. The Morgan fingerprint density at radius 3 is 2.41 bits per heavy atom. The lowest BCUT2D eigenvalue weighted by atomic mass is 10.0. The van der Waals surface area contributed by atoms with Gasteiger partial charge in [-0.2, -0.15) is 0 Å². The van der Waals surface area contributed by atoms with Crippen molar-refractivity contribution in [1.29, 1.82) is 0 Å². The maximum absolute atomic E-state index is 10.7. The van der Waals surface area contributed by atoms with Crippen molar-refractivity contribution in [2.75, 3.05) is 0 Å². The second-order valence-corrected chi connectivity index (χ2v) is 5.90. The molecule has 4 nitrogen and oxygen atoms in total. The summed E-state index contributed by atoms with van der Waals surface area (Å²) in [6.45, 7) is 2.13. The summed E-state index contributed by atoms with van der Waals surface area (Å²) in [6, 6.07) is 16.7. The minimum Gasteiger partial charge on any atom is -0.258 e. The Bertz CT molecular complexity index is 782. The van der Waals surface area contributed by atoms with E-state index in [0.29, 0.717) is 0 Å². The van der Waals surface area contributed by atoms with Gasteiger partial charge in [0.05, 0.1) is 10.6 Å². The molecule has 22 heavy (non-hydrogen) atoms. The first-order valence-corrected chi connectivity index (χ1v) is 7.78. The van der Waals surface area contributed by atoms with Crippen molar-refractivity contribution in [3.8, 4) is 11.3 Å². The molecule has 0 saturated heterocycles. The molecule has 3 aromatic rings. The van der Waals surface area contributed by atoms with E-state index in [2.05, 4.69) is 24.0 Å². The van der Waals surface area contributed by atoms with E-state index in [1.54, 1.807) is 23.5 Å². The van der Waals surface area contributed by atoms with Gasteiger partial charge in [0.2, 0.25) is 0 Å². The highest BCUT2D eigenvalue weighted by molar-refractivity contribution is 7.10. The Labute approximate surface area is 132 Å². The molecule has 1 aromatic heterocycles. The lowest BCUT2D eigenvalue weighted by molar-refractivity contribution is -0.384.